The lowest BCUT2D eigenvalue weighted by atomic mass is 9.95. The maximum absolute atomic E-state index is 5.51. The first-order chi connectivity index (χ1) is 7.78. The van der Waals surface area contributed by atoms with E-state index < -0.39 is 0 Å². The zero-order chi connectivity index (χ0) is 12.0. The van der Waals surface area contributed by atoms with Crippen LogP contribution in [0.25, 0.3) is 0 Å². The van der Waals surface area contributed by atoms with Crippen LogP contribution in [0.15, 0.2) is 30.9 Å². The van der Waals surface area contributed by atoms with E-state index in [2.05, 4.69) is 12.5 Å². The van der Waals surface area contributed by atoms with E-state index in [1.807, 2.05) is 24.3 Å². The fraction of sp³-hybridized carbons (Fsp3) is 0.286. The van der Waals surface area contributed by atoms with Crippen molar-refractivity contribution in [1.82, 2.24) is 0 Å². The van der Waals surface area contributed by atoms with E-state index in [-0.39, 0.29) is 5.92 Å². The second-order valence-corrected chi connectivity index (χ2v) is 3.33. The molecule has 84 valence electrons. The number of terminal acetylenes is 1. The fourth-order valence-electron chi connectivity index (χ4n) is 1.64. The summed E-state index contributed by atoms with van der Waals surface area (Å²) in [6.07, 6.45) is 8.04. The van der Waals surface area contributed by atoms with Crippen LogP contribution in [0.5, 0.6) is 11.5 Å². The molecule has 0 radical (unpaired) electrons. The Morgan fingerprint density at radius 3 is 2.69 bits per heavy atom. The average Bonchev–Trinajstić information content (AvgIpc) is 2.34. The third kappa shape index (κ3) is 2.38. The highest BCUT2D eigenvalue weighted by molar-refractivity contribution is 5.50. The summed E-state index contributed by atoms with van der Waals surface area (Å²) in [4.78, 5) is 0. The fourth-order valence-corrected chi connectivity index (χ4v) is 1.64. The van der Waals surface area contributed by atoms with Crippen LogP contribution in [0.3, 0.4) is 0 Å². The molecule has 2 heteroatoms. The Bertz CT molecular complexity index is 402. The van der Waals surface area contributed by atoms with Crippen molar-refractivity contribution in [3.8, 4) is 23.8 Å². The van der Waals surface area contributed by atoms with Gasteiger partial charge in [-0.1, -0.05) is 24.1 Å². The topological polar surface area (TPSA) is 18.5 Å². The van der Waals surface area contributed by atoms with Crippen molar-refractivity contribution >= 4 is 0 Å². The predicted molar refractivity (Wildman–Crippen MR) is 65.9 cm³/mol. The number of benzene rings is 1. The summed E-state index contributed by atoms with van der Waals surface area (Å²) in [5, 5.41) is 0. The Hall–Kier alpha value is -1.88. The predicted octanol–water partition coefficient (Wildman–Crippen LogP) is 3.00. The second-order valence-electron chi connectivity index (χ2n) is 3.33. The number of hydrogen-bond acceptors (Lipinski definition) is 2. The first-order valence-electron chi connectivity index (χ1n) is 5.06. The molecule has 0 spiro atoms. The van der Waals surface area contributed by atoms with Gasteiger partial charge in [-0.3, -0.25) is 0 Å². The van der Waals surface area contributed by atoms with Gasteiger partial charge in [-0.05, 0) is 12.5 Å². The van der Waals surface area contributed by atoms with Crippen LogP contribution in [0.4, 0.5) is 0 Å². The molecule has 1 unspecified atom stereocenters. The number of hydrogen-bond donors (Lipinski definition) is 0. The third-order valence-electron chi connectivity index (χ3n) is 2.41. The first-order valence-corrected chi connectivity index (χ1v) is 5.06. The lowest BCUT2D eigenvalue weighted by Crippen LogP contribution is -2.00. The minimum Gasteiger partial charge on any atom is -0.493 e. The Morgan fingerprint density at radius 1 is 1.44 bits per heavy atom. The highest BCUT2D eigenvalue weighted by Gasteiger charge is 2.15. The van der Waals surface area contributed by atoms with Crippen molar-refractivity contribution in [2.24, 2.45) is 0 Å². The summed E-state index contributed by atoms with van der Waals surface area (Å²) < 4.78 is 10.6. The molecule has 0 amide bonds. The normalized spacial score (nSPS) is 11.3. The third-order valence-corrected chi connectivity index (χ3v) is 2.41. The smallest absolute Gasteiger partial charge is 0.165 e. The van der Waals surface area contributed by atoms with E-state index in [1.165, 1.54) is 0 Å². The molecule has 0 heterocycles. The van der Waals surface area contributed by atoms with Crippen molar-refractivity contribution in [3.05, 3.63) is 36.4 Å². The molecule has 1 aromatic rings. The maximum Gasteiger partial charge on any atom is 0.165 e. The Balaban J connectivity index is 3.21. The molecule has 0 fully saturated rings. The molecular formula is C14H16O2. The molecule has 2 nitrogen and oxygen atoms in total. The molecule has 1 aromatic carbocycles. The monoisotopic (exact) mass is 216 g/mol. The van der Waals surface area contributed by atoms with Crippen LogP contribution in [0, 0.1) is 12.3 Å². The van der Waals surface area contributed by atoms with Crippen LogP contribution in [-0.4, -0.2) is 14.2 Å². The van der Waals surface area contributed by atoms with Crippen molar-refractivity contribution in [3.63, 3.8) is 0 Å². The summed E-state index contributed by atoms with van der Waals surface area (Å²) in [5.41, 5.74) is 0.962. The molecule has 16 heavy (non-hydrogen) atoms. The van der Waals surface area contributed by atoms with Crippen LogP contribution in [-0.2, 0) is 0 Å². The summed E-state index contributed by atoms with van der Waals surface area (Å²) in [6.45, 7) is 3.70. The standard InChI is InChI=1S/C14H16O2/c1-5-8-11(6-2)12-9-7-10-13(15-3)14(12)16-4/h2,5,7,9-11H,1,8H2,3-4H3. The second kappa shape index (κ2) is 5.87. The van der Waals surface area contributed by atoms with E-state index in [0.717, 1.165) is 12.0 Å². The summed E-state index contributed by atoms with van der Waals surface area (Å²) in [7, 11) is 3.23. The van der Waals surface area contributed by atoms with Gasteiger partial charge in [0.1, 0.15) is 0 Å². The minimum atomic E-state index is -0.0254. The molecule has 1 atom stereocenters. The van der Waals surface area contributed by atoms with Gasteiger partial charge in [0.25, 0.3) is 0 Å². The molecule has 0 bridgehead atoms. The number of rotatable bonds is 5. The molecule has 0 aromatic heterocycles. The van der Waals surface area contributed by atoms with Gasteiger partial charge in [-0.2, -0.15) is 0 Å². The summed E-state index contributed by atoms with van der Waals surface area (Å²) in [6, 6.07) is 5.71. The first kappa shape index (κ1) is 12.2. The Labute approximate surface area is 96.9 Å². The van der Waals surface area contributed by atoms with Gasteiger partial charge < -0.3 is 9.47 Å². The summed E-state index contributed by atoms with van der Waals surface area (Å²) in [5.74, 6) is 4.12. The molecule has 0 saturated carbocycles. The van der Waals surface area contributed by atoms with Crippen LogP contribution in [0.2, 0.25) is 0 Å². The van der Waals surface area contributed by atoms with Crippen LogP contribution in [0.1, 0.15) is 17.9 Å². The van der Waals surface area contributed by atoms with Crippen molar-refractivity contribution < 1.29 is 9.47 Å². The van der Waals surface area contributed by atoms with E-state index in [1.54, 1.807) is 14.2 Å². The van der Waals surface area contributed by atoms with Gasteiger partial charge in [-0.15, -0.1) is 13.0 Å². The van der Waals surface area contributed by atoms with Gasteiger partial charge in [0.15, 0.2) is 11.5 Å². The Kier molecular flexibility index (Phi) is 4.47. The van der Waals surface area contributed by atoms with E-state index in [9.17, 15) is 0 Å². The zero-order valence-electron chi connectivity index (χ0n) is 9.69. The number of para-hydroxylation sites is 1. The van der Waals surface area contributed by atoms with Gasteiger partial charge in [0.05, 0.1) is 20.1 Å². The number of ether oxygens (including phenoxy) is 2. The summed E-state index contributed by atoms with van der Waals surface area (Å²) >= 11 is 0. The molecule has 0 N–H and O–H groups in total. The van der Waals surface area contributed by atoms with Crippen LogP contribution >= 0.6 is 0 Å². The van der Waals surface area contributed by atoms with Crippen molar-refractivity contribution in [1.29, 1.82) is 0 Å². The molecule has 0 saturated heterocycles. The quantitative estimate of drug-likeness (QED) is 0.556. The van der Waals surface area contributed by atoms with E-state index >= 15 is 0 Å². The maximum atomic E-state index is 5.51. The van der Waals surface area contributed by atoms with Gasteiger partial charge in [0.2, 0.25) is 0 Å². The number of methoxy groups -OCH3 is 2. The molecule has 1 rings (SSSR count). The van der Waals surface area contributed by atoms with Crippen molar-refractivity contribution in [2.75, 3.05) is 14.2 Å². The highest BCUT2D eigenvalue weighted by Crippen LogP contribution is 2.36. The molecular weight excluding hydrogens is 200 g/mol. The van der Waals surface area contributed by atoms with Crippen LogP contribution < -0.4 is 9.47 Å². The van der Waals surface area contributed by atoms with E-state index in [4.69, 9.17) is 15.9 Å². The zero-order valence-corrected chi connectivity index (χ0v) is 9.69. The number of allylic oxidation sites excluding steroid dienone is 1. The molecule has 0 aliphatic heterocycles. The highest BCUT2D eigenvalue weighted by atomic mass is 16.5. The van der Waals surface area contributed by atoms with Gasteiger partial charge in [0, 0.05) is 5.56 Å². The van der Waals surface area contributed by atoms with Crippen molar-refractivity contribution in [2.45, 2.75) is 12.3 Å². The average molecular weight is 216 g/mol. The minimum absolute atomic E-state index is 0.0254. The van der Waals surface area contributed by atoms with Gasteiger partial charge in [-0.25, -0.2) is 0 Å². The molecule has 0 aliphatic rings. The molecule has 0 aliphatic carbocycles. The lowest BCUT2D eigenvalue weighted by Gasteiger charge is -2.16. The largest absolute Gasteiger partial charge is 0.493 e. The van der Waals surface area contributed by atoms with Gasteiger partial charge >= 0.3 is 0 Å². The SMILES string of the molecule is C#CC(CC=C)c1cccc(OC)c1OC. The van der Waals surface area contributed by atoms with E-state index in [0.29, 0.717) is 11.5 Å². The Morgan fingerprint density at radius 2 is 2.19 bits per heavy atom. The lowest BCUT2D eigenvalue weighted by molar-refractivity contribution is 0.351.